The fourth-order valence-electron chi connectivity index (χ4n) is 2.19. The number of amides is 1. The minimum atomic E-state index is -3.44. The van der Waals surface area contributed by atoms with E-state index in [9.17, 15) is 17.6 Å². The molecular formula is C17H18BrFN2O3S. The molecule has 2 aromatic carbocycles. The maximum absolute atomic E-state index is 13.0. The summed E-state index contributed by atoms with van der Waals surface area (Å²) in [6.45, 7) is 1.78. The molecule has 0 aliphatic carbocycles. The second kappa shape index (κ2) is 7.53. The van der Waals surface area contributed by atoms with Gasteiger partial charge in [-0.05, 0) is 42.8 Å². The monoisotopic (exact) mass is 428 g/mol. The van der Waals surface area contributed by atoms with Gasteiger partial charge < -0.3 is 5.32 Å². The van der Waals surface area contributed by atoms with Crippen molar-refractivity contribution in [2.45, 2.75) is 13.0 Å². The van der Waals surface area contributed by atoms with Gasteiger partial charge in [-0.1, -0.05) is 28.1 Å². The number of anilines is 1. The summed E-state index contributed by atoms with van der Waals surface area (Å²) in [5.74, 6) is -0.705. The summed E-state index contributed by atoms with van der Waals surface area (Å²) < 4.78 is 38.1. The first kappa shape index (κ1) is 19.4. The Balaban J connectivity index is 2.24. The number of halogens is 2. The fraction of sp³-hybridized carbons (Fsp3) is 0.235. The highest BCUT2D eigenvalue weighted by atomic mass is 79.9. The van der Waals surface area contributed by atoms with E-state index in [-0.39, 0.29) is 17.8 Å². The summed E-state index contributed by atoms with van der Waals surface area (Å²) >= 11 is 3.29. The smallest absolute Gasteiger partial charge is 0.251 e. The maximum Gasteiger partial charge on any atom is 0.251 e. The van der Waals surface area contributed by atoms with Crippen LogP contribution in [-0.2, 0) is 10.0 Å². The average molecular weight is 429 g/mol. The Labute approximate surface area is 155 Å². The lowest BCUT2D eigenvalue weighted by Gasteiger charge is -2.19. The molecule has 0 heterocycles. The van der Waals surface area contributed by atoms with Gasteiger partial charge in [0.25, 0.3) is 5.91 Å². The van der Waals surface area contributed by atoms with Crippen molar-refractivity contribution >= 4 is 37.5 Å². The standard InChI is InChI=1S/C17H18BrFN2O3S/c1-11(12-4-6-15(19)7-5-12)20-17(22)13-8-14(18)10-16(9-13)21(2)25(3,23)24/h4-11H,1-3H3,(H,20,22)/t11-/m1/s1. The molecule has 0 saturated carbocycles. The number of benzene rings is 2. The van der Waals surface area contributed by atoms with Crippen LogP contribution in [0.25, 0.3) is 0 Å². The van der Waals surface area contributed by atoms with Gasteiger partial charge in [0, 0.05) is 17.1 Å². The lowest BCUT2D eigenvalue weighted by Crippen LogP contribution is -2.28. The third-order valence-corrected chi connectivity index (χ3v) is 5.39. The van der Waals surface area contributed by atoms with Crippen LogP contribution in [0.4, 0.5) is 10.1 Å². The van der Waals surface area contributed by atoms with Crippen LogP contribution in [0.3, 0.4) is 0 Å². The van der Waals surface area contributed by atoms with Crippen molar-refractivity contribution in [3.63, 3.8) is 0 Å². The number of rotatable bonds is 5. The van der Waals surface area contributed by atoms with Gasteiger partial charge in [-0.3, -0.25) is 9.10 Å². The quantitative estimate of drug-likeness (QED) is 0.792. The van der Waals surface area contributed by atoms with Crippen molar-refractivity contribution < 1.29 is 17.6 Å². The van der Waals surface area contributed by atoms with Crippen molar-refractivity contribution in [2.75, 3.05) is 17.6 Å². The number of carbonyl (C=O) groups excluding carboxylic acids is 1. The van der Waals surface area contributed by atoms with E-state index in [2.05, 4.69) is 21.2 Å². The summed E-state index contributed by atoms with van der Waals surface area (Å²) in [6.07, 6.45) is 1.09. The SMILES string of the molecule is C[C@@H](NC(=O)c1cc(Br)cc(N(C)S(C)(=O)=O)c1)c1ccc(F)cc1. The van der Waals surface area contributed by atoms with E-state index in [1.807, 2.05) is 0 Å². The molecular weight excluding hydrogens is 411 g/mol. The first-order valence-corrected chi connectivity index (χ1v) is 10.0. The highest BCUT2D eigenvalue weighted by Crippen LogP contribution is 2.24. The van der Waals surface area contributed by atoms with Gasteiger partial charge in [0.15, 0.2) is 0 Å². The van der Waals surface area contributed by atoms with E-state index in [0.29, 0.717) is 15.7 Å². The van der Waals surface area contributed by atoms with E-state index in [4.69, 9.17) is 0 Å². The number of nitrogens with zero attached hydrogens (tertiary/aromatic N) is 1. The number of carbonyl (C=O) groups is 1. The van der Waals surface area contributed by atoms with Gasteiger partial charge in [-0.25, -0.2) is 12.8 Å². The molecule has 2 aromatic rings. The molecule has 0 aromatic heterocycles. The molecule has 0 unspecified atom stereocenters. The second-order valence-corrected chi connectivity index (χ2v) is 8.60. The highest BCUT2D eigenvalue weighted by Gasteiger charge is 2.17. The van der Waals surface area contributed by atoms with E-state index in [1.54, 1.807) is 31.2 Å². The van der Waals surface area contributed by atoms with Crippen LogP contribution in [0.5, 0.6) is 0 Å². The molecule has 0 aliphatic rings. The molecule has 8 heteroatoms. The van der Waals surface area contributed by atoms with E-state index in [1.165, 1.54) is 25.2 Å². The zero-order valence-electron chi connectivity index (χ0n) is 14.0. The Morgan fingerprint density at radius 2 is 1.80 bits per heavy atom. The molecule has 2 rings (SSSR count). The van der Waals surface area contributed by atoms with Gasteiger partial charge in [0.1, 0.15) is 5.82 Å². The molecule has 0 saturated heterocycles. The Hall–Kier alpha value is -1.93. The summed E-state index contributed by atoms with van der Waals surface area (Å²) in [7, 11) is -2.02. The van der Waals surface area contributed by atoms with E-state index >= 15 is 0 Å². The van der Waals surface area contributed by atoms with Crippen molar-refractivity contribution in [2.24, 2.45) is 0 Å². The van der Waals surface area contributed by atoms with E-state index in [0.717, 1.165) is 16.1 Å². The number of hydrogen-bond acceptors (Lipinski definition) is 3. The third kappa shape index (κ3) is 5.02. The molecule has 25 heavy (non-hydrogen) atoms. The summed E-state index contributed by atoms with van der Waals surface area (Å²) in [6, 6.07) is 10.2. The minimum absolute atomic E-state index is 0.314. The average Bonchev–Trinajstić information content (AvgIpc) is 2.53. The van der Waals surface area contributed by atoms with Gasteiger partial charge in [-0.2, -0.15) is 0 Å². The van der Waals surface area contributed by atoms with Crippen LogP contribution in [0, 0.1) is 5.82 Å². The van der Waals surface area contributed by atoms with Gasteiger partial charge >= 0.3 is 0 Å². The first-order valence-electron chi connectivity index (χ1n) is 7.39. The number of sulfonamides is 1. The Kier molecular flexibility index (Phi) is 5.84. The molecule has 0 bridgehead atoms. The molecule has 0 radical (unpaired) electrons. The maximum atomic E-state index is 13.0. The number of hydrogen-bond donors (Lipinski definition) is 1. The zero-order valence-corrected chi connectivity index (χ0v) is 16.4. The molecule has 0 fully saturated rings. The van der Waals surface area contributed by atoms with Crippen LogP contribution in [0.15, 0.2) is 46.9 Å². The molecule has 0 aliphatic heterocycles. The van der Waals surface area contributed by atoms with Crippen LogP contribution in [0.2, 0.25) is 0 Å². The van der Waals surface area contributed by atoms with Crippen molar-refractivity contribution in [1.82, 2.24) is 5.32 Å². The van der Waals surface area contributed by atoms with Gasteiger partial charge in [0.2, 0.25) is 10.0 Å². The highest BCUT2D eigenvalue weighted by molar-refractivity contribution is 9.10. The van der Waals surface area contributed by atoms with Crippen molar-refractivity contribution in [1.29, 1.82) is 0 Å². The molecule has 1 atom stereocenters. The van der Waals surface area contributed by atoms with Crippen molar-refractivity contribution in [3.05, 3.63) is 63.9 Å². The lowest BCUT2D eigenvalue weighted by atomic mass is 10.1. The summed E-state index contributed by atoms with van der Waals surface area (Å²) in [4.78, 5) is 12.5. The van der Waals surface area contributed by atoms with Crippen LogP contribution >= 0.6 is 15.9 Å². The van der Waals surface area contributed by atoms with E-state index < -0.39 is 10.0 Å². The largest absolute Gasteiger partial charge is 0.346 e. The molecule has 1 amide bonds. The predicted molar refractivity (Wildman–Crippen MR) is 99.7 cm³/mol. The lowest BCUT2D eigenvalue weighted by molar-refractivity contribution is 0.0940. The molecule has 5 nitrogen and oxygen atoms in total. The van der Waals surface area contributed by atoms with Crippen LogP contribution < -0.4 is 9.62 Å². The Morgan fingerprint density at radius 1 is 1.20 bits per heavy atom. The predicted octanol–water partition coefficient (Wildman–Crippen LogP) is 3.48. The normalized spacial score (nSPS) is 12.5. The minimum Gasteiger partial charge on any atom is -0.346 e. The third-order valence-electron chi connectivity index (χ3n) is 3.72. The number of nitrogens with one attached hydrogen (secondary N) is 1. The van der Waals surface area contributed by atoms with Crippen molar-refractivity contribution in [3.8, 4) is 0 Å². The fourth-order valence-corrected chi connectivity index (χ4v) is 3.16. The zero-order chi connectivity index (χ0) is 18.8. The Bertz CT molecular complexity index is 885. The van der Waals surface area contributed by atoms with Gasteiger partial charge in [0.05, 0.1) is 18.0 Å². The van der Waals surface area contributed by atoms with Crippen LogP contribution in [0.1, 0.15) is 28.9 Å². The topological polar surface area (TPSA) is 66.5 Å². The molecule has 0 spiro atoms. The Morgan fingerprint density at radius 3 is 2.36 bits per heavy atom. The van der Waals surface area contributed by atoms with Gasteiger partial charge in [-0.15, -0.1) is 0 Å². The van der Waals surface area contributed by atoms with Crippen LogP contribution in [-0.4, -0.2) is 27.6 Å². The first-order chi connectivity index (χ1) is 11.6. The summed E-state index contributed by atoms with van der Waals surface area (Å²) in [5.41, 5.74) is 1.45. The summed E-state index contributed by atoms with van der Waals surface area (Å²) in [5, 5.41) is 2.81. The second-order valence-electron chi connectivity index (χ2n) is 5.68. The molecule has 1 N–H and O–H groups in total. The molecule has 134 valence electrons.